The summed E-state index contributed by atoms with van der Waals surface area (Å²) in [5, 5.41) is 4.34. The van der Waals surface area contributed by atoms with Gasteiger partial charge < -0.3 is 4.84 Å². The van der Waals surface area contributed by atoms with Gasteiger partial charge >= 0.3 is 0 Å². The third kappa shape index (κ3) is 3.57. The standard InChI is InChI=1S/C9H9N2O2S/c1-13-11-8(6-12)7-14-9-4-2-3-5-10-9/h2-5H,7H2,1H3/b11-8+. The van der Waals surface area contributed by atoms with Gasteiger partial charge in [-0.15, -0.1) is 0 Å². The minimum atomic E-state index is 0.239. The molecule has 73 valence electrons. The summed E-state index contributed by atoms with van der Waals surface area (Å²) < 4.78 is 0. The smallest absolute Gasteiger partial charge is 0.253 e. The molecule has 0 spiro atoms. The lowest BCUT2D eigenvalue weighted by atomic mass is 10.5. The third-order valence-corrected chi connectivity index (χ3v) is 2.27. The van der Waals surface area contributed by atoms with Crippen molar-refractivity contribution in [2.75, 3.05) is 12.9 Å². The summed E-state index contributed by atoms with van der Waals surface area (Å²) in [6, 6.07) is 5.58. The summed E-state index contributed by atoms with van der Waals surface area (Å²) >= 11 is 1.41. The molecule has 0 bridgehead atoms. The fraction of sp³-hybridized carbons (Fsp3) is 0.222. The van der Waals surface area contributed by atoms with Gasteiger partial charge in [0.15, 0.2) is 0 Å². The molecule has 0 aliphatic rings. The van der Waals surface area contributed by atoms with Crippen LogP contribution in [-0.2, 0) is 9.63 Å². The minimum absolute atomic E-state index is 0.239. The molecular weight excluding hydrogens is 200 g/mol. The molecule has 0 fully saturated rings. The Morgan fingerprint density at radius 1 is 1.71 bits per heavy atom. The van der Waals surface area contributed by atoms with Crippen molar-refractivity contribution in [3.05, 3.63) is 24.4 Å². The Morgan fingerprint density at radius 3 is 3.14 bits per heavy atom. The number of pyridine rings is 1. The van der Waals surface area contributed by atoms with E-state index in [4.69, 9.17) is 0 Å². The highest BCUT2D eigenvalue weighted by Gasteiger charge is 2.01. The first kappa shape index (κ1) is 10.7. The van der Waals surface area contributed by atoms with Gasteiger partial charge in [-0.25, -0.2) is 4.98 Å². The Hall–Kier alpha value is -1.36. The van der Waals surface area contributed by atoms with Crippen LogP contribution in [0.2, 0.25) is 0 Å². The van der Waals surface area contributed by atoms with Crippen LogP contribution in [0.1, 0.15) is 0 Å². The van der Waals surface area contributed by atoms with E-state index in [-0.39, 0.29) is 5.71 Å². The van der Waals surface area contributed by atoms with Crippen LogP contribution in [0.5, 0.6) is 0 Å². The van der Waals surface area contributed by atoms with Crippen molar-refractivity contribution in [1.29, 1.82) is 0 Å². The monoisotopic (exact) mass is 209 g/mol. The van der Waals surface area contributed by atoms with E-state index >= 15 is 0 Å². The molecule has 0 saturated carbocycles. The average Bonchev–Trinajstić information content (AvgIpc) is 2.25. The molecule has 0 aromatic carbocycles. The van der Waals surface area contributed by atoms with Crippen molar-refractivity contribution in [1.82, 2.24) is 4.98 Å². The molecular formula is C9H9N2O2S. The van der Waals surface area contributed by atoms with Crippen molar-refractivity contribution < 1.29 is 9.63 Å². The average molecular weight is 209 g/mol. The lowest BCUT2D eigenvalue weighted by Gasteiger charge is -1.97. The maximum absolute atomic E-state index is 10.3. The number of hydrogen-bond donors (Lipinski definition) is 0. The lowest BCUT2D eigenvalue weighted by Crippen LogP contribution is -2.03. The lowest BCUT2D eigenvalue weighted by molar-refractivity contribution is 0.214. The van der Waals surface area contributed by atoms with E-state index in [1.54, 1.807) is 12.5 Å². The Morgan fingerprint density at radius 2 is 2.57 bits per heavy atom. The zero-order valence-corrected chi connectivity index (χ0v) is 8.45. The van der Waals surface area contributed by atoms with Crippen LogP contribution in [0.25, 0.3) is 0 Å². The molecule has 0 aliphatic heterocycles. The predicted molar refractivity (Wildman–Crippen MR) is 55.1 cm³/mol. The summed E-state index contributed by atoms with van der Waals surface area (Å²) in [6.45, 7) is 0. The molecule has 5 heteroatoms. The summed E-state index contributed by atoms with van der Waals surface area (Å²) in [5.41, 5.74) is 0.239. The molecule has 1 aromatic rings. The molecule has 4 nitrogen and oxygen atoms in total. The molecule has 14 heavy (non-hydrogen) atoms. The van der Waals surface area contributed by atoms with Crippen LogP contribution in [0.3, 0.4) is 0 Å². The number of carbonyl (C=O) groups excluding carboxylic acids is 1. The molecule has 1 rings (SSSR count). The maximum Gasteiger partial charge on any atom is 0.253 e. The maximum atomic E-state index is 10.3. The van der Waals surface area contributed by atoms with Gasteiger partial charge in [0.2, 0.25) is 0 Å². The van der Waals surface area contributed by atoms with Crippen molar-refractivity contribution in [2.24, 2.45) is 5.16 Å². The van der Waals surface area contributed by atoms with Crippen LogP contribution < -0.4 is 0 Å². The highest BCUT2D eigenvalue weighted by Crippen LogP contribution is 2.13. The normalized spacial score (nSPS) is 11.1. The van der Waals surface area contributed by atoms with Gasteiger partial charge in [0, 0.05) is 11.9 Å². The largest absolute Gasteiger partial charge is 0.399 e. The number of oxime groups is 1. The van der Waals surface area contributed by atoms with Gasteiger partial charge in [-0.05, 0) is 12.1 Å². The van der Waals surface area contributed by atoms with E-state index in [0.29, 0.717) is 5.75 Å². The van der Waals surface area contributed by atoms with Crippen molar-refractivity contribution >= 4 is 23.8 Å². The molecule has 0 saturated heterocycles. The van der Waals surface area contributed by atoms with Gasteiger partial charge in [-0.3, -0.25) is 4.79 Å². The zero-order chi connectivity index (χ0) is 10.2. The zero-order valence-electron chi connectivity index (χ0n) is 7.64. The predicted octanol–water partition coefficient (Wildman–Crippen LogP) is 1.29. The third-order valence-electron chi connectivity index (χ3n) is 1.31. The molecule has 0 unspecified atom stereocenters. The van der Waals surface area contributed by atoms with E-state index in [9.17, 15) is 4.79 Å². The SMILES string of the molecule is CO/N=C(\[C]=O)CSc1ccccn1. The van der Waals surface area contributed by atoms with Crippen LogP contribution in [0.15, 0.2) is 34.6 Å². The minimum Gasteiger partial charge on any atom is -0.399 e. The summed E-state index contributed by atoms with van der Waals surface area (Å²) in [7, 11) is 1.39. The molecule has 0 aliphatic carbocycles. The van der Waals surface area contributed by atoms with E-state index in [2.05, 4.69) is 15.0 Å². The fourth-order valence-corrected chi connectivity index (χ4v) is 1.47. The van der Waals surface area contributed by atoms with Gasteiger partial charge in [-0.1, -0.05) is 23.0 Å². The topological polar surface area (TPSA) is 51.5 Å². The van der Waals surface area contributed by atoms with Crippen molar-refractivity contribution in [2.45, 2.75) is 5.03 Å². The highest BCUT2D eigenvalue weighted by atomic mass is 32.2. The number of rotatable bonds is 5. The number of nitrogens with zero attached hydrogens (tertiary/aromatic N) is 2. The van der Waals surface area contributed by atoms with Crippen LogP contribution in [0, 0.1) is 0 Å². The first-order valence-electron chi connectivity index (χ1n) is 3.89. The molecule has 0 atom stereocenters. The summed E-state index contributed by atoms with van der Waals surface area (Å²) in [6.07, 6.45) is 3.39. The highest BCUT2D eigenvalue weighted by molar-refractivity contribution is 8.00. The van der Waals surface area contributed by atoms with Gasteiger partial charge in [-0.2, -0.15) is 0 Å². The van der Waals surface area contributed by atoms with Gasteiger partial charge in [0.25, 0.3) is 6.29 Å². The Labute approximate surface area is 86.4 Å². The second kappa shape index (κ2) is 6.15. The second-order valence-corrected chi connectivity index (χ2v) is 3.27. The van der Waals surface area contributed by atoms with Gasteiger partial charge in [0.1, 0.15) is 12.8 Å². The molecule has 0 N–H and O–H groups in total. The van der Waals surface area contributed by atoms with Crippen LogP contribution >= 0.6 is 11.8 Å². The van der Waals surface area contributed by atoms with Crippen LogP contribution in [-0.4, -0.2) is 29.8 Å². The number of aromatic nitrogens is 1. The quantitative estimate of drug-likeness (QED) is 0.416. The molecule has 0 amide bonds. The molecule has 1 heterocycles. The second-order valence-electron chi connectivity index (χ2n) is 2.28. The number of hydrogen-bond acceptors (Lipinski definition) is 5. The first-order valence-corrected chi connectivity index (χ1v) is 4.87. The van der Waals surface area contributed by atoms with E-state index in [0.717, 1.165) is 5.03 Å². The van der Waals surface area contributed by atoms with Crippen molar-refractivity contribution in [3.8, 4) is 0 Å². The Kier molecular flexibility index (Phi) is 4.71. The molecule has 1 radical (unpaired) electrons. The van der Waals surface area contributed by atoms with E-state index in [1.165, 1.54) is 18.9 Å². The molecule has 1 aromatic heterocycles. The van der Waals surface area contributed by atoms with Crippen LogP contribution in [0.4, 0.5) is 0 Å². The van der Waals surface area contributed by atoms with Gasteiger partial charge in [0.05, 0.1) is 5.03 Å². The van der Waals surface area contributed by atoms with E-state index in [1.807, 2.05) is 18.2 Å². The van der Waals surface area contributed by atoms with Crippen molar-refractivity contribution in [3.63, 3.8) is 0 Å². The first-order chi connectivity index (χ1) is 6.86. The van der Waals surface area contributed by atoms with E-state index < -0.39 is 0 Å². The Balaban J connectivity index is 2.48. The Bertz CT molecular complexity index is 314. The summed E-state index contributed by atoms with van der Waals surface area (Å²) in [4.78, 5) is 18.9. The summed E-state index contributed by atoms with van der Waals surface area (Å²) in [5.74, 6) is 0.411. The number of thioether (sulfide) groups is 1. The fourth-order valence-electron chi connectivity index (χ4n) is 0.759.